The maximum absolute atomic E-state index is 12.9. The minimum atomic E-state index is -0.194. The van der Waals surface area contributed by atoms with Crippen LogP contribution in [0.15, 0.2) is 35.7 Å². The Morgan fingerprint density at radius 3 is 2.59 bits per heavy atom. The van der Waals surface area contributed by atoms with Crippen molar-refractivity contribution in [1.82, 2.24) is 9.55 Å². The number of aryl methyl sites for hydroxylation is 2. The number of thiazole rings is 1. The normalized spacial score (nSPS) is 11.0. The van der Waals surface area contributed by atoms with E-state index in [1.54, 1.807) is 0 Å². The van der Waals surface area contributed by atoms with Gasteiger partial charge in [-0.05, 0) is 44.0 Å². The van der Waals surface area contributed by atoms with Gasteiger partial charge in [0.05, 0.1) is 5.69 Å². The van der Waals surface area contributed by atoms with Crippen LogP contribution in [0.25, 0.3) is 11.3 Å². The molecule has 0 spiro atoms. The third-order valence-corrected chi connectivity index (χ3v) is 4.58. The van der Waals surface area contributed by atoms with E-state index in [2.05, 4.69) is 29.5 Å². The van der Waals surface area contributed by atoms with E-state index in [1.807, 2.05) is 17.5 Å². The van der Waals surface area contributed by atoms with Gasteiger partial charge in [0, 0.05) is 28.9 Å². The number of nitrogens with two attached hydrogens (primary N) is 1. The largest absolute Gasteiger partial charge is 0.375 e. The highest BCUT2D eigenvalue weighted by Gasteiger charge is 2.13. The molecule has 3 rings (SSSR count). The Morgan fingerprint density at radius 1 is 1.23 bits per heavy atom. The minimum absolute atomic E-state index is 0.194. The number of aromatic nitrogens is 2. The third kappa shape index (κ3) is 2.90. The molecule has 3 nitrogen and oxygen atoms in total. The van der Waals surface area contributed by atoms with Gasteiger partial charge in [0.25, 0.3) is 0 Å². The molecule has 1 aromatic carbocycles. The fourth-order valence-electron chi connectivity index (χ4n) is 2.71. The van der Waals surface area contributed by atoms with E-state index >= 15 is 0 Å². The van der Waals surface area contributed by atoms with Crippen molar-refractivity contribution in [3.05, 3.63) is 58.5 Å². The van der Waals surface area contributed by atoms with Gasteiger partial charge in [0.2, 0.25) is 0 Å². The molecule has 22 heavy (non-hydrogen) atoms. The van der Waals surface area contributed by atoms with Gasteiger partial charge in [-0.25, -0.2) is 9.37 Å². The first kappa shape index (κ1) is 14.8. The van der Waals surface area contributed by atoms with E-state index in [-0.39, 0.29) is 5.82 Å². The maximum atomic E-state index is 12.9. The van der Waals surface area contributed by atoms with Crippen LogP contribution in [0.3, 0.4) is 0 Å². The lowest BCUT2D eigenvalue weighted by Gasteiger charge is -2.10. The average molecular weight is 315 g/mol. The van der Waals surface area contributed by atoms with Gasteiger partial charge in [-0.3, -0.25) is 0 Å². The third-order valence-electron chi connectivity index (χ3n) is 3.91. The summed E-state index contributed by atoms with van der Waals surface area (Å²) < 4.78 is 15.2. The van der Waals surface area contributed by atoms with Gasteiger partial charge in [-0.2, -0.15) is 0 Å². The van der Waals surface area contributed by atoms with E-state index in [1.165, 1.54) is 34.9 Å². The summed E-state index contributed by atoms with van der Waals surface area (Å²) in [4.78, 5) is 4.37. The standard InChI is InChI=1S/C17H18FN3S/c1-11-9-15(16-10-22-17(19)20-16)12(2)21(11)8-7-13-3-5-14(18)6-4-13/h3-6,9-10H,7-8H2,1-2H3,(H2,19,20). The van der Waals surface area contributed by atoms with Crippen molar-refractivity contribution in [1.29, 1.82) is 0 Å². The van der Waals surface area contributed by atoms with Gasteiger partial charge < -0.3 is 10.3 Å². The highest BCUT2D eigenvalue weighted by Crippen LogP contribution is 2.29. The number of anilines is 1. The van der Waals surface area contributed by atoms with Gasteiger partial charge in [-0.1, -0.05) is 12.1 Å². The number of halogens is 1. The molecule has 0 saturated carbocycles. The topological polar surface area (TPSA) is 43.8 Å². The van der Waals surface area contributed by atoms with Gasteiger partial charge in [0.15, 0.2) is 5.13 Å². The Balaban J connectivity index is 1.82. The summed E-state index contributed by atoms with van der Waals surface area (Å²) in [5, 5.41) is 2.58. The van der Waals surface area contributed by atoms with Crippen LogP contribution >= 0.6 is 11.3 Å². The molecule has 0 aliphatic rings. The second kappa shape index (κ2) is 5.93. The first-order valence-electron chi connectivity index (χ1n) is 7.17. The quantitative estimate of drug-likeness (QED) is 0.784. The maximum Gasteiger partial charge on any atom is 0.180 e. The molecule has 0 radical (unpaired) electrons. The van der Waals surface area contributed by atoms with E-state index in [9.17, 15) is 4.39 Å². The molecule has 0 saturated heterocycles. The number of benzene rings is 1. The number of nitrogen functional groups attached to an aromatic ring is 1. The summed E-state index contributed by atoms with van der Waals surface area (Å²) in [6, 6.07) is 8.84. The minimum Gasteiger partial charge on any atom is -0.375 e. The summed E-state index contributed by atoms with van der Waals surface area (Å²) in [7, 11) is 0. The predicted octanol–water partition coefficient (Wildman–Crippen LogP) is 4.19. The zero-order chi connectivity index (χ0) is 15.7. The number of rotatable bonds is 4. The smallest absolute Gasteiger partial charge is 0.180 e. The molecule has 114 valence electrons. The molecule has 0 aliphatic heterocycles. The highest BCUT2D eigenvalue weighted by molar-refractivity contribution is 7.13. The zero-order valence-corrected chi connectivity index (χ0v) is 13.5. The van der Waals surface area contributed by atoms with Crippen molar-refractivity contribution < 1.29 is 4.39 Å². The van der Waals surface area contributed by atoms with Crippen LogP contribution in [0, 0.1) is 19.7 Å². The lowest BCUT2D eigenvalue weighted by molar-refractivity contribution is 0.624. The number of hydrogen-bond donors (Lipinski definition) is 1. The van der Waals surface area contributed by atoms with Crippen LogP contribution < -0.4 is 5.73 Å². The Hall–Kier alpha value is -2.14. The molecule has 3 aromatic rings. The second-order valence-electron chi connectivity index (χ2n) is 5.38. The molecular weight excluding hydrogens is 297 g/mol. The van der Waals surface area contributed by atoms with Crippen molar-refractivity contribution in [2.24, 2.45) is 0 Å². The monoisotopic (exact) mass is 315 g/mol. The van der Waals surface area contributed by atoms with Crippen molar-refractivity contribution in [2.45, 2.75) is 26.8 Å². The number of hydrogen-bond acceptors (Lipinski definition) is 3. The first-order valence-corrected chi connectivity index (χ1v) is 8.05. The average Bonchev–Trinajstić information content (AvgIpc) is 3.03. The molecule has 2 aromatic heterocycles. The first-order chi connectivity index (χ1) is 10.5. The van der Waals surface area contributed by atoms with E-state index in [0.717, 1.165) is 29.8 Å². The zero-order valence-electron chi connectivity index (χ0n) is 12.6. The van der Waals surface area contributed by atoms with Gasteiger partial charge in [-0.15, -0.1) is 11.3 Å². The second-order valence-corrected chi connectivity index (χ2v) is 6.27. The molecule has 2 heterocycles. The Morgan fingerprint density at radius 2 is 1.95 bits per heavy atom. The molecule has 0 atom stereocenters. The summed E-state index contributed by atoms with van der Waals surface area (Å²) in [6.07, 6.45) is 0.870. The summed E-state index contributed by atoms with van der Waals surface area (Å²) >= 11 is 1.46. The molecule has 0 aliphatic carbocycles. The fourth-order valence-corrected chi connectivity index (χ4v) is 3.27. The van der Waals surface area contributed by atoms with E-state index in [4.69, 9.17) is 5.73 Å². The van der Waals surface area contributed by atoms with Crippen LogP contribution in [0.5, 0.6) is 0 Å². The Kier molecular flexibility index (Phi) is 3.98. The molecular formula is C17H18FN3S. The molecule has 2 N–H and O–H groups in total. The van der Waals surface area contributed by atoms with E-state index in [0.29, 0.717) is 5.13 Å². The van der Waals surface area contributed by atoms with Crippen LogP contribution in [-0.4, -0.2) is 9.55 Å². The Labute approximate surface area is 133 Å². The fraction of sp³-hybridized carbons (Fsp3) is 0.235. The van der Waals surface area contributed by atoms with Crippen LogP contribution in [0.1, 0.15) is 17.0 Å². The molecule has 0 fully saturated rings. The molecule has 0 bridgehead atoms. The van der Waals surface area contributed by atoms with Gasteiger partial charge >= 0.3 is 0 Å². The lowest BCUT2D eigenvalue weighted by atomic mass is 10.1. The van der Waals surface area contributed by atoms with Crippen molar-refractivity contribution in [2.75, 3.05) is 5.73 Å². The SMILES string of the molecule is Cc1cc(-c2csc(N)n2)c(C)n1CCc1ccc(F)cc1. The van der Waals surface area contributed by atoms with Crippen LogP contribution in [0.2, 0.25) is 0 Å². The molecule has 0 unspecified atom stereocenters. The van der Waals surface area contributed by atoms with Crippen molar-refractivity contribution >= 4 is 16.5 Å². The van der Waals surface area contributed by atoms with E-state index < -0.39 is 0 Å². The number of nitrogens with zero attached hydrogens (tertiary/aromatic N) is 2. The van der Waals surface area contributed by atoms with Crippen molar-refractivity contribution in [3.63, 3.8) is 0 Å². The Bertz CT molecular complexity index is 787. The highest BCUT2D eigenvalue weighted by atomic mass is 32.1. The summed E-state index contributed by atoms with van der Waals surface area (Å²) in [5.74, 6) is -0.194. The molecule has 5 heteroatoms. The van der Waals surface area contributed by atoms with Gasteiger partial charge in [0.1, 0.15) is 5.82 Å². The molecule has 0 amide bonds. The lowest BCUT2D eigenvalue weighted by Crippen LogP contribution is -2.05. The summed E-state index contributed by atoms with van der Waals surface area (Å²) in [5.41, 5.74) is 11.3. The van der Waals surface area contributed by atoms with Crippen LogP contribution in [0.4, 0.5) is 9.52 Å². The van der Waals surface area contributed by atoms with Crippen LogP contribution in [-0.2, 0) is 13.0 Å². The van der Waals surface area contributed by atoms with Crippen molar-refractivity contribution in [3.8, 4) is 11.3 Å². The predicted molar refractivity (Wildman–Crippen MR) is 89.5 cm³/mol. The summed E-state index contributed by atoms with van der Waals surface area (Å²) in [6.45, 7) is 5.06.